The summed E-state index contributed by atoms with van der Waals surface area (Å²) < 4.78 is 1.88. The first-order valence-electron chi connectivity index (χ1n) is 10.1. The van der Waals surface area contributed by atoms with E-state index in [2.05, 4.69) is 5.32 Å². The van der Waals surface area contributed by atoms with Gasteiger partial charge >= 0.3 is 6.03 Å². The summed E-state index contributed by atoms with van der Waals surface area (Å²) in [5.41, 5.74) is 3.86. The molecular formula is C23H24ClN5O2. The molecule has 1 aliphatic heterocycles. The van der Waals surface area contributed by atoms with E-state index in [-0.39, 0.29) is 18.5 Å². The monoisotopic (exact) mass is 437 g/mol. The first kappa shape index (κ1) is 21.1. The summed E-state index contributed by atoms with van der Waals surface area (Å²) in [6.45, 7) is 2.14. The maximum Gasteiger partial charge on any atom is 0.324 e. The number of benzene rings is 2. The molecule has 2 heterocycles. The number of hydrogen-bond acceptors (Lipinski definition) is 4. The summed E-state index contributed by atoms with van der Waals surface area (Å²) in [4.78, 5) is 27.4. The van der Waals surface area contributed by atoms with Crippen molar-refractivity contribution in [1.29, 1.82) is 0 Å². The highest BCUT2D eigenvalue weighted by atomic mass is 35.5. The summed E-state index contributed by atoms with van der Waals surface area (Å²) in [7, 11) is 1.87. The van der Waals surface area contributed by atoms with Crippen LogP contribution in [0.3, 0.4) is 0 Å². The molecule has 1 aliphatic rings. The Morgan fingerprint density at radius 1 is 1.13 bits per heavy atom. The van der Waals surface area contributed by atoms with Crippen LogP contribution in [0.2, 0.25) is 5.02 Å². The van der Waals surface area contributed by atoms with Crippen molar-refractivity contribution in [3.05, 3.63) is 76.9 Å². The molecule has 2 aromatic carbocycles. The molecule has 7 nitrogen and oxygen atoms in total. The smallest absolute Gasteiger partial charge is 0.324 e. The Kier molecular flexibility index (Phi) is 6.34. The number of likely N-dealkylation sites (N-methyl/N-ethyl adjacent to an activating group) is 1. The Labute approximate surface area is 186 Å². The van der Waals surface area contributed by atoms with Crippen molar-refractivity contribution >= 4 is 23.5 Å². The number of imide groups is 1. The molecule has 4 rings (SSSR count). The van der Waals surface area contributed by atoms with E-state index in [4.69, 9.17) is 16.7 Å². The van der Waals surface area contributed by atoms with Gasteiger partial charge in [-0.05, 0) is 18.7 Å². The predicted octanol–water partition coefficient (Wildman–Crippen LogP) is 3.24. The van der Waals surface area contributed by atoms with Crippen LogP contribution < -0.4 is 5.32 Å². The van der Waals surface area contributed by atoms with E-state index in [1.54, 1.807) is 0 Å². The fourth-order valence-corrected chi connectivity index (χ4v) is 3.87. The first-order chi connectivity index (χ1) is 15.0. The second-order valence-corrected chi connectivity index (χ2v) is 8.01. The zero-order valence-electron chi connectivity index (χ0n) is 17.3. The lowest BCUT2D eigenvalue weighted by Gasteiger charge is -2.19. The number of rotatable bonds is 7. The molecule has 1 N–H and O–H groups in total. The number of carbonyl (C=O) groups is 2. The minimum Gasteiger partial charge on any atom is -0.336 e. The van der Waals surface area contributed by atoms with E-state index in [1.165, 1.54) is 4.90 Å². The second-order valence-electron chi connectivity index (χ2n) is 7.61. The van der Waals surface area contributed by atoms with Crippen LogP contribution in [0.15, 0.2) is 60.8 Å². The van der Waals surface area contributed by atoms with Gasteiger partial charge in [-0.15, -0.1) is 0 Å². The third-order valence-electron chi connectivity index (χ3n) is 5.18. The molecule has 8 heteroatoms. The highest BCUT2D eigenvalue weighted by Crippen LogP contribution is 2.24. The van der Waals surface area contributed by atoms with Crippen molar-refractivity contribution in [3.8, 4) is 11.3 Å². The number of aromatic nitrogens is 2. The molecule has 0 atom stereocenters. The summed E-state index contributed by atoms with van der Waals surface area (Å²) in [6, 6.07) is 17.4. The molecule has 1 fully saturated rings. The van der Waals surface area contributed by atoms with E-state index in [9.17, 15) is 9.59 Å². The van der Waals surface area contributed by atoms with E-state index in [0.29, 0.717) is 31.2 Å². The average Bonchev–Trinajstić information content (AvgIpc) is 3.36. The van der Waals surface area contributed by atoms with Gasteiger partial charge in [0.1, 0.15) is 0 Å². The van der Waals surface area contributed by atoms with Gasteiger partial charge in [-0.3, -0.25) is 19.3 Å². The van der Waals surface area contributed by atoms with Gasteiger partial charge in [0.15, 0.2) is 0 Å². The largest absolute Gasteiger partial charge is 0.336 e. The number of urea groups is 1. The maximum absolute atomic E-state index is 12.5. The van der Waals surface area contributed by atoms with Gasteiger partial charge in [-0.2, -0.15) is 5.10 Å². The lowest BCUT2D eigenvalue weighted by atomic mass is 10.1. The summed E-state index contributed by atoms with van der Waals surface area (Å²) in [5.74, 6) is -0.206. The Bertz CT molecular complexity index is 1080. The van der Waals surface area contributed by atoms with Crippen molar-refractivity contribution in [2.45, 2.75) is 13.1 Å². The highest BCUT2D eigenvalue weighted by Gasteiger charge is 2.27. The zero-order chi connectivity index (χ0) is 21.8. The Balaban J connectivity index is 1.55. The third kappa shape index (κ3) is 4.95. The fraction of sp³-hybridized carbons (Fsp3) is 0.261. The van der Waals surface area contributed by atoms with Gasteiger partial charge < -0.3 is 5.32 Å². The molecule has 160 valence electrons. The number of amides is 3. The number of hydrogen-bond donors (Lipinski definition) is 1. The molecule has 3 amide bonds. The maximum atomic E-state index is 12.5. The van der Waals surface area contributed by atoms with Gasteiger partial charge in [-0.25, -0.2) is 4.79 Å². The van der Waals surface area contributed by atoms with Crippen LogP contribution in [0, 0.1) is 0 Å². The van der Waals surface area contributed by atoms with Crippen LogP contribution in [0.5, 0.6) is 0 Å². The molecule has 1 saturated heterocycles. The lowest BCUT2D eigenvalue weighted by molar-refractivity contribution is -0.128. The molecule has 0 unspecified atom stereocenters. The van der Waals surface area contributed by atoms with Gasteiger partial charge in [0.2, 0.25) is 5.91 Å². The van der Waals surface area contributed by atoms with Crippen molar-refractivity contribution in [2.75, 3.05) is 26.7 Å². The van der Waals surface area contributed by atoms with Crippen molar-refractivity contribution in [3.63, 3.8) is 0 Å². The Morgan fingerprint density at radius 2 is 1.87 bits per heavy atom. The highest BCUT2D eigenvalue weighted by molar-refractivity contribution is 6.31. The average molecular weight is 438 g/mol. The molecule has 0 radical (unpaired) electrons. The van der Waals surface area contributed by atoms with Gasteiger partial charge in [0, 0.05) is 42.0 Å². The van der Waals surface area contributed by atoms with E-state index < -0.39 is 0 Å². The molecule has 0 spiro atoms. The molecule has 0 aliphatic carbocycles. The standard InChI is InChI=1S/C23H24ClN5O2/c1-27(16-21(30)29-12-11-25-23(29)31)13-19-15-28(14-18-9-5-6-10-20(18)24)26-22(19)17-7-3-2-4-8-17/h2-10,15H,11-14,16H2,1H3,(H,25,31). The quantitative estimate of drug-likeness (QED) is 0.616. The lowest BCUT2D eigenvalue weighted by Crippen LogP contribution is -2.40. The van der Waals surface area contributed by atoms with Crippen LogP contribution in [0.25, 0.3) is 11.3 Å². The van der Waals surface area contributed by atoms with Crippen LogP contribution in [0.1, 0.15) is 11.1 Å². The molecule has 31 heavy (non-hydrogen) atoms. The third-order valence-corrected chi connectivity index (χ3v) is 5.55. The van der Waals surface area contributed by atoms with Crippen molar-refractivity contribution < 1.29 is 9.59 Å². The number of carbonyl (C=O) groups excluding carboxylic acids is 2. The molecular weight excluding hydrogens is 414 g/mol. The van der Waals surface area contributed by atoms with Crippen LogP contribution in [-0.4, -0.2) is 58.2 Å². The minimum absolute atomic E-state index is 0.150. The molecule has 3 aromatic rings. The predicted molar refractivity (Wildman–Crippen MR) is 120 cm³/mol. The number of nitrogens with one attached hydrogen (secondary N) is 1. The normalized spacial score (nSPS) is 13.6. The van der Waals surface area contributed by atoms with E-state index in [1.807, 2.05) is 77.4 Å². The van der Waals surface area contributed by atoms with Crippen molar-refractivity contribution in [1.82, 2.24) is 24.9 Å². The molecule has 1 aromatic heterocycles. The van der Waals surface area contributed by atoms with E-state index in [0.717, 1.165) is 22.4 Å². The first-order valence-corrected chi connectivity index (χ1v) is 10.5. The van der Waals surface area contributed by atoms with Gasteiger partial charge in [0.25, 0.3) is 0 Å². The van der Waals surface area contributed by atoms with Crippen LogP contribution in [0.4, 0.5) is 4.79 Å². The minimum atomic E-state index is -0.323. The SMILES string of the molecule is CN(CC(=O)N1CCNC1=O)Cc1cn(Cc2ccccc2Cl)nc1-c1ccccc1. The van der Waals surface area contributed by atoms with Crippen LogP contribution >= 0.6 is 11.6 Å². The van der Waals surface area contributed by atoms with Crippen LogP contribution in [-0.2, 0) is 17.9 Å². The van der Waals surface area contributed by atoms with Crippen molar-refractivity contribution in [2.24, 2.45) is 0 Å². The van der Waals surface area contributed by atoms with E-state index >= 15 is 0 Å². The summed E-state index contributed by atoms with van der Waals surface area (Å²) in [6.07, 6.45) is 2.00. The van der Waals surface area contributed by atoms with Gasteiger partial charge in [0.05, 0.1) is 18.8 Å². The fourth-order valence-electron chi connectivity index (χ4n) is 3.67. The zero-order valence-corrected chi connectivity index (χ0v) is 18.0. The van der Waals surface area contributed by atoms with Gasteiger partial charge in [-0.1, -0.05) is 60.1 Å². The summed E-state index contributed by atoms with van der Waals surface area (Å²) in [5, 5.41) is 8.17. The Morgan fingerprint density at radius 3 is 2.58 bits per heavy atom. The number of halogens is 1. The number of nitrogens with zero attached hydrogens (tertiary/aromatic N) is 4. The second kappa shape index (κ2) is 9.32. The topological polar surface area (TPSA) is 70.5 Å². The molecule has 0 saturated carbocycles. The molecule has 0 bridgehead atoms. The summed E-state index contributed by atoms with van der Waals surface area (Å²) >= 11 is 6.33. The Hall–Kier alpha value is -3.16.